The van der Waals surface area contributed by atoms with Gasteiger partial charge in [-0.25, -0.2) is 4.98 Å². The molecule has 0 N–H and O–H groups in total. The molecule has 0 amide bonds. The van der Waals surface area contributed by atoms with Crippen LogP contribution in [0.1, 0.15) is 19.4 Å². The number of para-hydroxylation sites is 1. The number of nitrogens with zero attached hydrogens (tertiary/aromatic N) is 4. The van der Waals surface area contributed by atoms with E-state index in [4.69, 9.17) is 18.9 Å². The van der Waals surface area contributed by atoms with Gasteiger partial charge in [-0.05, 0) is 61.7 Å². The minimum absolute atomic E-state index is 0. The van der Waals surface area contributed by atoms with Gasteiger partial charge in [0.15, 0.2) is 0 Å². The van der Waals surface area contributed by atoms with E-state index in [9.17, 15) is 0 Å². The molecule has 47 heavy (non-hydrogen) atoms. The molecule has 4 aromatic carbocycles. The third-order valence-electron chi connectivity index (χ3n) is 7.64. The number of hydrogen-bond acceptors (Lipinski definition) is 6. The van der Waals surface area contributed by atoms with Crippen LogP contribution in [0.4, 0.5) is 0 Å². The summed E-state index contributed by atoms with van der Waals surface area (Å²) in [4.78, 5) is 4.64. The molecule has 0 spiro atoms. The molecule has 0 unspecified atom stereocenters. The zero-order chi connectivity index (χ0) is 31.6. The summed E-state index contributed by atoms with van der Waals surface area (Å²) in [5.74, 6) is 4.07. The Balaban J connectivity index is 0.00000386. The van der Waals surface area contributed by atoms with Crippen LogP contribution in [0.5, 0.6) is 28.7 Å². The van der Waals surface area contributed by atoms with Crippen molar-refractivity contribution >= 4 is 21.8 Å². The standard InChI is InChI=1S/C38H32N4O4.Pt/c1-5-44-35-18-25(3)19-36(45-6-2)38(35)26-23-40-41(24-26)27-10-9-11-29(20-27)46-30-14-15-32-31-12-7-8-13-33(31)42(34(32)21-30)37-22-28(43-4)16-17-39-37;/h7-19,22-24H,5-6H2,1-4H3;/q-2;+2. The Morgan fingerprint density at radius 2 is 1.57 bits per heavy atom. The molecule has 0 radical (unpaired) electrons. The second-order valence-corrected chi connectivity index (χ2v) is 10.7. The smallest absolute Gasteiger partial charge is 0.509 e. The fourth-order valence-corrected chi connectivity index (χ4v) is 5.70. The SMILES string of the molecule is CCOc1cc(C)cc(OCC)c1-c1cnn(-c2[c-]c(Oc3[c-]c4c(cc3)c3ccccc3n4-c3cc(OC)ccn3)ccc2)c1.[Pt+2]. The Hall–Kier alpha value is -5.07. The summed E-state index contributed by atoms with van der Waals surface area (Å²) < 4.78 is 27.7. The Morgan fingerprint density at radius 1 is 0.809 bits per heavy atom. The van der Waals surface area contributed by atoms with Crippen molar-refractivity contribution in [2.75, 3.05) is 20.3 Å². The van der Waals surface area contributed by atoms with Gasteiger partial charge >= 0.3 is 21.1 Å². The molecule has 0 saturated heterocycles. The van der Waals surface area contributed by atoms with Gasteiger partial charge in [0.1, 0.15) is 23.1 Å². The summed E-state index contributed by atoms with van der Waals surface area (Å²) in [5, 5.41) is 6.79. The third kappa shape index (κ3) is 6.21. The fourth-order valence-electron chi connectivity index (χ4n) is 5.70. The van der Waals surface area contributed by atoms with Crippen LogP contribution in [0.25, 0.3) is 44.4 Å². The van der Waals surface area contributed by atoms with Crippen molar-refractivity contribution in [1.82, 2.24) is 19.3 Å². The van der Waals surface area contributed by atoms with Gasteiger partial charge in [-0.2, -0.15) is 17.2 Å². The van der Waals surface area contributed by atoms with Crippen molar-refractivity contribution in [3.8, 4) is 51.4 Å². The van der Waals surface area contributed by atoms with E-state index in [0.29, 0.717) is 24.7 Å². The van der Waals surface area contributed by atoms with Crippen LogP contribution >= 0.6 is 0 Å². The zero-order valence-corrected chi connectivity index (χ0v) is 28.7. The average Bonchev–Trinajstić information content (AvgIpc) is 3.68. The van der Waals surface area contributed by atoms with Crippen LogP contribution in [0.3, 0.4) is 0 Å². The van der Waals surface area contributed by atoms with Gasteiger partial charge in [0.25, 0.3) is 0 Å². The maximum Gasteiger partial charge on any atom is 2.00 e. The zero-order valence-electron chi connectivity index (χ0n) is 26.4. The second-order valence-electron chi connectivity index (χ2n) is 10.7. The van der Waals surface area contributed by atoms with Gasteiger partial charge in [0.05, 0.1) is 32.1 Å². The van der Waals surface area contributed by atoms with Gasteiger partial charge in [-0.1, -0.05) is 23.7 Å². The van der Waals surface area contributed by atoms with E-state index in [-0.39, 0.29) is 21.1 Å². The first kappa shape index (κ1) is 31.9. The van der Waals surface area contributed by atoms with Crippen molar-refractivity contribution in [2.24, 2.45) is 0 Å². The summed E-state index contributed by atoms with van der Waals surface area (Å²) in [7, 11) is 1.65. The van der Waals surface area contributed by atoms with Crippen molar-refractivity contribution in [3.63, 3.8) is 0 Å². The number of rotatable bonds is 10. The molecule has 0 aliphatic carbocycles. The van der Waals surface area contributed by atoms with Crippen molar-refractivity contribution in [2.45, 2.75) is 20.8 Å². The topological polar surface area (TPSA) is 72.6 Å². The maximum absolute atomic E-state index is 6.34. The minimum Gasteiger partial charge on any atom is -0.509 e. The van der Waals surface area contributed by atoms with Crippen LogP contribution < -0.4 is 18.9 Å². The summed E-state index contributed by atoms with van der Waals surface area (Å²) in [6, 6.07) is 32.6. The van der Waals surface area contributed by atoms with Crippen LogP contribution in [-0.4, -0.2) is 39.7 Å². The maximum atomic E-state index is 6.34. The second kappa shape index (κ2) is 13.7. The summed E-state index contributed by atoms with van der Waals surface area (Å²) in [5.41, 5.74) is 5.41. The molecule has 238 valence electrons. The molecule has 8 nitrogen and oxygen atoms in total. The molecule has 0 bridgehead atoms. The Bertz CT molecular complexity index is 2160. The van der Waals surface area contributed by atoms with Gasteiger partial charge in [-0.3, -0.25) is 4.68 Å². The van der Waals surface area contributed by atoms with Crippen molar-refractivity contribution in [1.29, 1.82) is 0 Å². The first-order chi connectivity index (χ1) is 22.6. The Kier molecular flexibility index (Phi) is 9.32. The number of benzene rings is 4. The normalized spacial score (nSPS) is 11.0. The number of fused-ring (bicyclic) bond motifs is 3. The number of aryl methyl sites for hydroxylation is 1. The number of ether oxygens (including phenoxy) is 4. The molecule has 7 rings (SSSR count). The fraction of sp³-hybridized carbons (Fsp3) is 0.158. The average molecular weight is 804 g/mol. The summed E-state index contributed by atoms with van der Waals surface area (Å²) >= 11 is 0. The number of aromatic nitrogens is 4. The molecular weight excluding hydrogens is 772 g/mol. The largest absolute Gasteiger partial charge is 2.00 e. The van der Waals surface area contributed by atoms with Crippen LogP contribution in [-0.2, 0) is 21.1 Å². The van der Waals surface area contributed by atoms with Crippen LogP contribution in [0, 0.1) is 19.1 Å². The van der Waals surface area contributed by atoms with E-state index in [0.717, 1.165) is 67.2 Å². The van der Waals surface area contributed by atoms with E-state index in [2.05, 4.69) is 45.0 Å². The third-order valence-corrected chi connectivity index (χ3v) is 7.64. The van der Waals surface area contributed by atoms with Gasteiger partial charge in [0.2, 0.25) is 0 Å². The molecular formula is C38H32N4O4Pt. The van der Waals surface area contributed by atoms with E-state index in [1.54, 1.807) is 18.0 Å². The van der Waals surface area contributed by atoms with Crippen LogP contribution in [0.15, 0.2) is 97.5 Å². The van der Waals surface area contributed by atoms with Gasteiger partial charge in [-0.15, -0.1) is 35.7 Å². The predicted octanol–water partition coefficient (Wildman–Crippen LogP) is 8.54. The van der Waals surface area contributed by atoms with Crippen LogP contribution in [0.2, 0.25) is 0 Å². The van der Waals surface area contributed by atoms with E-state index in [1.807, 2.05) is 93.8 Å². The quantitative estimate of drug-likeness (QED) is 0.129. The molecule has 0 aliphatic heterocycles. The molecule has 7 aromatic rings. The van der Waals surface area contributed by atoms with Crippen molar-refractivity contribution < 1.29 is 40.0 Å². The number of pyridine rings is 1. The van der Waals surface area contributed by atoms with Crippen molar-refractivity contribution in [3.05, 3.63) is 115 Å². The molecule has 3 heterocycles. The molecule has 0 atom stereocenters. The molecule has 3 aromatic heterocycles. The summed E-state index contributed by atoms with van der Waals surface area (Å²) in [6.45, 7) is 7.07. The summed E-state index contributed by atoms with van der Waals surface area (Å²) in [6.07, 6.45) is 5.50. The first-order valence-corrected chi connectivity index (χ1v) is 15.2. The first-order valence-electron chi connectivity index (χ1n) is 15.2. The predicted molar refractivity (Wildman–Crippen MR) is 179 cm³/mol. The van der Waals surface area contributed by atoms with E-state index < -0.39 is 0 Å². The van der Waals surface area contributed by atoms with Gasteiger partial charge < -0.3 is 23.5 Å². The van der Waals surface area contributed by atoms with Gasteiger partial charge in [0, 0.05) is 41.0 Å². The van der Waals surface area contributed by atoms with E-state index in [1.165, 1.54) is 0 Å². The van der Waals surface area contributed by atoms with E-state index >= 15 is 0 Å². The minimum atomic E-state index is 0. The molecule has 0 aliphatic rings. The monoisotopic (exact) mass is 803 g/mol. The molecule has 9 heteroatoms. The number of methoxy groups -OCH3 is 1. The number of hydrogen-bond donors (Lipinski definition) is 0. The Labute approximate surface area is 287 Å². The molecule has 0 saturated carbocycles. The molecule has 0 fully saturated rings. The Morgan fingerprint density at radius 3 is 2.34 bits per heavy atom.